The zero-order chi connectivity index (χ0) is 16.3. The van der Waals surface area contributed by atoms with Crippen molar-refractivity contribution in [3.63, 3.8) is 0 Å². The number of hydrogen-bond donors (Lipinski definition) is 2. The van der Waals surface area contributed by atoms with Gasteiger partial charge in [0, 0.05) is 0 Å². The summed E-state index contributed by atoms with van der Waals surface area (Å²) in [6.45, 7) is 5.98. The molecule has 0 radical (unpaired) electrons. The van der Waals surface area contributed by atoms with Gasteiger partial charge < -0.3 is 15.6 Å². The molecule has 0 aliphatic rings. The molecule has 1 rings (SSSR count). The molecule has 3 N–H and O–H groups in total. The predicted octanol–water partition coefficient (Wildman–Crippen LogP) is 2.58. The van der Waals surface area contributed by atoms with Gasteiger partial charge in [0.25, 0.3) is 0 Å². The number of hydrogen-bond acceptors (Lipinski definition) is 4. The minimum Gasteiger partial charge on any atom is -0.480 e. The lowest BCUT2D eigenvalue weighted by molar-refractivity contribution is -0.149. The van der Waals surface area contributed by atoms with Crippen LogP contribution in [0.15, 0.2) is 30.3 Å². The topological polar surface area (TPSA) is 89.6 Å². The average Bonchev–Trinajstić information content (AvgIpc) is 2.52. The lowest BCUT2D eigenvalue weighted by Gasteiger charge is -2.08. The van der Waals surface area contributed by atoms with Crippen molar-refractivity contribution in [2.75, 3.05) is 0 Å². The number of carbonyl (C=O) groups is 2. The number of carboxylic acid groups (broad SMARTS) is 1. The first-order valence-electron chi connectivity index (χ1n) is 7.11. The highest BCUT2D eigenvalue weighted by Crippen LogP contribution is 2.06. The first kappa shape index (κ1) is 19.1. The van der Waals surface area contributed by atoms with Crippen LogP contribution in [0.2, 0.25) is 0 Å². The van der Waals surface area contributed by atoms with Crippen LogP contribution in [0.25, 0.3) is 0 Å². The number of ether oxygens (including phenoxy) is 1. The van der Waals surface area contributed by atoms with Gasteiger partial charge in [-0.2, -0.15) is 0 Å². The van der Waals surface area contributed by atoms with Gasteiger partial charge in [0.2, 0.25) is 0 Å². The third-order valence-corrected chi connectivity index (χ3v) is 3.00. The molecule has 5 heteroatoms. The fourth-order valence-corrected chi connectivity index (χ4v) is 1.21. The second kappa shape index (κ2) is 10.9. The first-order valence-corrected chi connectivity index (χ1v) is 7.11. The van der Waals surface area contributed by atoms with E-state index in [1.54, 1.807) is 6.92 Å². The van der Waals surface area contributed by atoms with Gasteiger partial charge in [-0.05, 0) is 18.4 Å². The number of esters is 1. The molecular formula is C16H25NO4. The highest BCUT2D eigenvalue weighted by Gasteiger charge is 2.11. The zero-order valence-corrected chi connectivity index (χ0v) is 12.9. The minimum atomic E-state index is -0.928. The molecule has 0 aliphatic carbocycles. The van der Waals surface area contributed by atoms with Crippen LogP contribution in [0.4, 0.5) is 0 Å². The standard InChI is InChI=1S/C12H16O2.C4H9NO2/c1-3-10(2)12(13)14-9-11-7-5-4-6-8-11;1-2-3(5)4(6)7/h4-8,10H,3,9H2,1-2H3;3H,2,5H2,1H3,(H,6,7). The van der Waals surface area contributed by atoms with E-state index in [0.717, 1.165) is 12.0 Å². The van der Waals surface area contributed by atoms with E-state index in [-0.39, 0.29) is 11.9 Å². The molecule has 2 unspecified atom stereocenters. The summed E-state index contributed by atoms with van der Waals surface area (Å²) >= 11 is 0. The highest BCUT2D eigenvalue weighted by molar-refractivity contribution is 5.72. The van der Waals surface area contributed by atoms with Crippen LogP contribution in [0.5, 0.6) is 0 Å². The number of rotatable bonds is 6. The van der Waals surface area contributed by atoms with E-state index in [0.29, 0.717) is 13.0 Å². The maximum atomic E-state index is 11.3. The maximum absolute atomic E-state index is 11.3. The second-order valence-electron chi connectivity index (χ2n) is 4.76. The number of carbonyl (C=O) groups excluding carboxylic acids is 1. The molecule has 1 aromatic carbocycles. The summed E-state index contributed by atoms with van der Waals surface area (Å²) in [5.74, 6) is -1.04. The van der Waals surface area contributed by atoms with Gasteiger partial charge in [0.1, 0.15) is 12.6 Å². The van der Waals surface area contributed by atoms with Gasteiger partial charge in [-0.25, -0.2) is 0 Å². The molecule has 0 saturated carbocycles. The Labute approximate surface area is 126 Å². The molecule has 0 saturated heterocycles. The van der Waals surface area contributed by atoms with Crippen LogP contribution in [0.3, 0.4) is 0 Å². The number of benzene rings is 1. The Hall–Kier alpha value is -1.88. The van der Waals surface area contributed by atoms with Gasteiger partial charge >= 0.3 is 11.9 Å². The van der Waals surface area contributed by atoms with E-state index in [1.807, 2.05) is 44.2 Å². The first-order chi connectivity index (χ1) is 9.92. The summed E-state index contributed by atoms with van der Waals surface area (Å²) in [4.78, 5) is 21.1. The molecule has 118 valence electrons. The second-order valence-corrected chi connectivity index (χ2v) is 4.76. The van der Waals surface area contributed by atoms with E-state index >= 15 is 0 Å². The highest BCUT2D eigenvalue weighted by atomic mass is 16.5. The zero-order valence-electron chi connectivity index (χ0n) is 12.9. The molecular weight excluding hydrogens is 270 g/mol. The largest absolute Gasteiger partial charge is 0.480 e. The van der Waals surface area contributed by atoms with Crippen LogP contribution in [-0.4, -0.2) is 23.1 Å². The molecule has 0 bridgehead atoms. The molecule has 5 nitrogen and oxygen atoms in total. The summed E-state index contributed by atoms with van der Waals surface area (Å²) in [6.07, 6.45) is 1.32. The number of aliphatic carboxylic acids is 1. The molecule has 0 aromatic heterocycles. The third-order valence-electron chi connectivity index (χ3n) is 3.00. The van der Waals surface area contributed by atoms with E-state index < -0.39 is 12.0 Å². The van der Waals surface area contributed by atoms with Crippen molar-refractivity contribution < 1.29 is 19.4 Å². The van der Waals surface area contributed by atoms with Crippen LogP contribution in [0.1, 0.15) is 39.2 Å². The van der Waals surface area contributed by atoms with E-state index in [2.05, 4.69) is 0 Å². The van der Waals surface area contributed by atoms with Gasteiger partial charge in [-0.15, -0.1) is 0 Å². The van der Waals surface area contributed by atoms with Crippen LogP contribution in [-0.2, 0) is 20.9 Å². The van der Waals surface area contributed by atoms with Crippen molar-refractivity contribution in [2.45, 2.75) is 46.3 Å². The summed E-state index contributed by atoms with van der Waals surface area (Å²) in [6, 6.07) is 9.03. The average molecular weight is 295 g/mol. The Morgan fingerprint density at radius 2 is 1.76 bits per heavy atom. The van der Waals surface area contributed by atoms with Crippen molar-refractivity contribution in [3.8, 4) is 0 Å². The lowest BCUT2D eigenvalue weighted by Crippen LogP contribution is -2.28. The fraction of sp³-hybridized carbons (Fsp3) is 0.500. The van der Waals surface area contributed by atoms with Crippen molar-refractivity contribution in [2.24, 2.45) is 11.7 Å². The summed E-state index contributed by atoms with van der Waals surface area (Å²) in [5, 5.41) is 8.06. The lowest BCUT2D eigenvalue weighted by atomic mass is 10.1. The van der Waals surface area contributed by atoms with Crippen molar-refractivity contribution in [1.29, 1.82) is 0 Å². The monoisotopic (exact) mass is 295 g/mol. The summed E-state index contributed by atoms with van der Waals surface area (Å²) < 4.78 is 5.14. The van der Waals surface area contributed by atoms with Gasteiger partial charge in [-0.3, -0.25) is 9.59 Å². The molecule has 1 aromatic rings. The fourth-order valence-electron chi connectivity index (χ4n) is 1.21. The van der Waals surface area contributed by atoms with E-state index in [4.69, 9.17) is 15.6 Å². The van der Waals surface area contributed by atoms with E-state index in [1.165, 1.54) is 0 Å². The van der Waals surface area contributed by atoms with Gasteiger partial charge in [0.05, 0.1) is 5.92 Å². The van der Waals surface area contributed by atoms with Gasteiger partial charge in [-0.1, -0.05) is 51.1 Å². The van der Waals surface area contributed by atoms with Crippen molar-refractivity contribution in [1.82, 2.24) is 0 Å². The molecule has 0 spiro atoms. The SMILES string of the molecule is CCC(C)C(=O)OCc1ccccc1.CCC(N)C(=O)O. The maximum Gasteiger partial charge on any atom is 0.320 e. The normalized spacial score (nSPS) is 12.6. The quantitative estimate of drug-likeness (QED) is 0.787. The molecule has 0 amide bonds. The van der Waals surface area contributed by atoms with Crippen LogP contribution in [0, 0.1) is 5.92 Å². The van der Waals surface area contributed by atoms with Gasteiger partial charge in [0.15, 0.2) is 0 Å². The summed E-state index contributed by atoms with van der Waals surface area (Å²) in [7, 11) is 0. The minimum absolute atomic E-state index is 0.00119. The molecule has 21 heavy (non-hydrogen) atoms. The Morgan fingerprint density at radius 3 is 2.14 bits per heavy atom. The molecule has 0 fully saturated rings. The van der Waals surface area contributed by atoms with E-state index in [9.17, 15) is 9.59 Å². The third kappa shape index (κ3) is 8.81. The Kier molecular flexibility index (Phi) is 9.88. The van der Waals surface area contributed by atoms with Crippen molar-refractivity contribution >= 4 is 11.9 Å². The number of carboxylic acids is 1. The Morgan fingerprint density at radius 1 is 1.19 bits per heavy atom. The smallest absolute Gasteiger partial charge is 0.320 e. The molecule has 2 atom stereocenters. The Balaban J connectivity index is 0.000000486. The predicted molar refractivity (Wildman–Crippen MR) is 81.6 cm³/mol. The van der Waals surface area contributed by atoms with Crippen LogP contribution < -0.4 is 5.73 Å². The van der Waals surface area contributed by atoms with Crippen molar-refractivity contribution in [3.05, 3.63) is 35.9 Å². The van der Waals surface area contributed by atoms with Crippen LogP contribution >= 0.6 is 0 Å². The molecule has 0 aliphatic heterocycles. The summed E-state index contributed by atoms with van der Waals surface area (Å²) in [5.41, 5.74) is 6.05. The Bertz CT molecular complexity index is 420. The number of nitrogens with two attached hydrogens (primary N) is 1. The molecule has 0 heterocycles.